The van der Waals surface area contributed by atoms with Crippen LogP contribution in [0.2, 0.25) is 0 Å². The van der Waals surface area contributed by atoms with Gasteiger partial charge in [0.1, 0.15) is 5.52 Å². The Morgan fingerprint density at radius 1 is 1.40 bits per heavy atom. The number of pyridine rings is 1. The number of aromatic nitrogens is 3. The molecular weight excluding hydrogens is 192 g/mol. The van der Waals surface area contributed by atoms with Gasteiger partial charge in [0.15, 0.2) is 5.65 Å². The molecule has 0 radical (unpaired) electrons. The van der Waals surface area contributed by atoms with Crippen molar-refractivity contribution in [2.24, 2.45) is 0 Å². The standard InChI is InChI=1S/C10H12N4O/c1-15-8-5-4-7-9(13-8)14(6-2-3-6)10(11)12-7/h4-6H,2-3H2,1H3,(H2,11,12). The molecule has 1 fully saturated rings. The Hall–Kier alpha value is -1.78. The molecule has 0 unspecified atom stereocenters. The van der Waals surface area contributed by atoms with E-state index in [-0.39, 0.29) is 0 Å². The number of anilines is 1. The summed E-state index contributed by atoms with van der Waals surface area (Å²) in [7, 11) is 1.61. The molecule has 78 valence electrons. The number of nitrogen functional groups attached to an aromatic ring is 1. The fraction of sp³-hybridized carbons (Fsp3) is 0.400. The van der Waals surface area contributed by atoms with Crippen LogP contribution >= 0.6 is 0 Å². The largest absolute Gasteiger partial charge is 0.481 e. The Balaban J connectivity index is 2.26. The van der Waals surface area contributed by atoms with Gasteiger partial charge in [0.2, 0.25) is 11.8 Å². The van der Waals surface area contributed by atoms with Crippen LogP contribution in [0.15, 0.2) is 12.1 Å². The maximum absolute atomic E-state index is 5.86. The van der Waals surface area contributed by atoms with Gasteiger partial charge >= 0.3 is 0 Å². The third kappa shape index (κ3) is 1.23. The lowest BCUT2D eigenvalue weighted by Crippen LogP contribution is -2.01. The van der Waals surface area contributed by atoms with Gasteiger partial charge in [-0.05, 0) is 18.9 Å². The van der Waals surface area contributed by atoms with Gasteiger partial charge in [-0.25, -0.2) is 4.98 Å². The smallest absolute Gasteiger partial charge is 0.215 e. The van der Waals surface area contributed by atoms with Crippen LogP contribution in [0.5, 0.6) is 5.88 Å². The molecule has 1 aliphatic carbocycles. The van der Waals surface area contributed by atoms with Crippen molar-refractivity contribution in [2.75, 3.05) is 12.8 Å². The van der Waals surface area contributed by atoms with Gasteiger partial charge in [-0.2, -0.15) is 4.98 Å². The van der Waals surface area contributed by atoms with E-state index in [1.165, 1.54) is 0 Å². The number of rotatable bonds is 2. The minimum Gasteiger partial charge on any atom is -0.481 e. The maximum Gasteiger partial charge on any atom is 0.215 e. The normalized spacial score (nSPS) is 15.8. The highest BCUT2D eigenvalue weighted by Gasteiger charge is 2.28. The predicted molar refractivity (Wildman–Crippen MR) is 56.8 cm³/mol. The number of nitrogens with zero attached hydrogens (tertiary/aromatic N) is 3. The molecular formula is C10H12N4O. The van der Waals surface area contributed by atoms with E-state index in [4.69, 9.17) is 10.5 Å². The number of imidazole rings is 1. The molecule has 0 bridgehead atoms. The summed E-state index contributed by atoms with van der Waals surface area (Å²) in [4.78, 5) is 8.65. The van der Waals surface area contributed by atoms with Crippen LogP contribution in [0.25, 0.3) is 11.2 Å². The van der Waals surface area contributed by atoms with Crippen molar-refractivity contribution < 1.29 is 4.74 Å². The summed E-state index contributed by atoms with van der Waals surface area (Å²) in [5.74, 6) is 1.15. The Bertz CT molecular complexity index is 515. The topological polar surface area (TPSA) is 66.0 Å². The third-order valence-corrected chi connectivity index (χ3v) is 2.66. The number of fused-ring (bicyclic) bond motifs is 1. The summed E-state index contributed by atoms with van der Waals surface area (Å²) in [6, 6.07) is 4.16. The van der Waals surface area contributed by atoms with Crippen LogP contribution in [0.3, 0.4) is 0 Å². The Morgan fingerprint density at radius 3 is 2.87 bits per heavy atom. The molecule has 2 aromatic rings. The molecule has 5 heteroatoms. The Morgan fingerprint density at radius 2 is 2.20 bits per heavy atom. The lowest BCUT2D eigenvalue weighted by molar-refractivity contribution is 0.399. The minimum absolute atomic E-state index is 0.481. The summed E-state index contributed by atoms with van der Waals surface area (Å²) in [5.41, 5.74) is 7.52. The van der Waals surface area contributed by atoms with Crippen LogP contribution in [0.4, 0.5) is 5.95 Å². The van der Waals surface area contributed by atoms with Crippen LogP contribution in [0.1, 0.15) is 18.9 Å². The Labute approximate surface area is 86.9 Å². The molecule has 0 aliphatic heterocycles. The van der Waals surface area contributed by atoms with Gasteiger partial charge in [0.25, 0.3) is 0 Å². The van der Waals surface area contributed by atoms with E-state index < -0.39 is 0 Å². The minimum atomic E-state index is 0.481. The van der Waals surface area contributed by atoms with Crippen molar-refractivity contribution in [3.63, 3.8) is 0 Å². The van der Waals surface area contributed by atoms with E-state index in [9.17, 15) is 0 Å². The zero-order valence-electron chi connectivity index (χ0n) is 8.47. The lowest BCUT2D eigenvalue weighted by atomic mass is 10.4. The van der Waals surface area contributed by atoms with Crippen molar-refractivity contribution in [1.82, 2.24) is 14.5 Å². The molecule has 1 saturated carbocycles. The second-order valence-corrected chi connectivity index (χ2v) is 3.77. The molecule has 15 heavy (non-hydrogen) atoms. The first kappa shape index (κ1) is 8.52. The predicted octanol–water partition coefficient (Wildman–Crippen LogP) is 1.36. The quantitative estimate of drug-likeness (QED) is 0.802. The lowest BCUT2D eigenvalue weighted by Gasteiger charge is -2.03. The van der Waals surface area contributed by atoms with Crippen molar-refractivity contribution in [3.05, 3.63) is 12.1 Å². The highest BCUT2D eigenvalue weighted by Crippen LogP contribution is 2.39. The first-order chi connectivity index (χ1) is 7.29. The first-order valence-corrected chi connectivity index (χ1v) is 4.98. The van der Waals surface area contributed by atoms with E-state index in [0.717, 1.165) is 24.0 Å². The van der Waals surface area contributed by atoms with Gasteiger partial charge < -0.3 is 10.5 Å². The average Bonchev–Trinajstić information content (AvgIpc) is 3.00. The molecule has 2 heterocycles. The third-order valence-electron chi connectivity index (χ3n) is 2.66. The first-order valence-electron chi connectivity index (χ1n) is 4.98. The number of ether oxygens (including phenoxy) is 1. The summed E-state index contributed by atoms with van der Waals surface area (Å²) >= 11 is 0. The summed E-state index contributed by atoms with van der Waals surface area (Å²) in [6.45, 7) is 0. The van der Waals surface area contributed by atoms with Gasteiger partial charge in [0.05, 0.1) is 7.11 Å². The second kappa shape index (κ2) is 2.85. The molecule has 1 aliphatic rings. The van der Waals surface area contributed by atoms with Gasteiger partial charge in [-0.1, -0.05) is 0 Å². The molecule has 3 rings (SSSR count). The number of hydrogen-bond donors (Lipinski definition) is 1. The molecule has 0 amide bonds. The fourth-order valence-corrected chi connectivity index (χ4v) is 1.78. The van der Waals surface area contributed by atoms with E-state index in [1.807, 2.05) is 10.6 Å². The van der Waals surface area contributed by atoms with Crippen LogP contribution in [0, 0.1) is 0 Å². The molecule has 0 aromatic carbocycles. The molecule has 0 spiro atoms. The van der Waals surface area contributed by atoms with E-state index in [1.54, 1.807) is 13.2 Å². The molecule has 0 atom stereocenters. The fourth-order valence-electron chi connectivity index (χ4n) is 1.78. The average molecular weight is 204 g/mol. The van der Waals surface area contributed by atoms with Crippen LogP contribution < -0.4 is 10.5 Å². The van der Waals surface area contributed by atoms with E-state index >= 15 is 0 Å². The summed E-state index contributed by atoms with van der Waals surface area (Å²) in [6.07, 6.45) is 2.32. The van der Waals surface area contributed by atoms with Crippen molar-refractivity contribution in [2.45, 2.75) is 18.9 Å². The van der Waals surface area contributed by atoms with E-state index in [2.05, 4.69) is 9.97 Å². The zero-order chi connectivity index (χ0) is 10.4. The van der Waals surface area contributed by atoms with Crippen molar-refractivity contribution in [1.29, 1.82) is 0 Å². The molecule has 0 saturated heterocycles. The summed E-state index contributed by atoms with van der Waals surface area (Å²) in [5, 5.41) is 0. The van der Waals surface area contributed by atoms with Crippen molar-refractivity contribution in [3.8, 4) is 5.88 Å². The number of methoxy groups -OCH3 is 1. The summed E-state index contributed by atoms with van der Waals surface area (Å²) < 4.78 is 7.09. The van der Waals surface area contributed by atoms with Gasteiger partial charge in [0, 0.05) is 12.1 Å². The monoisotopic (exact) mass is 204 g/mol. The second-order valence-electron chi connectivity index (χ2n) is 3.77. The van der Waals surface area contributed by atoms with Crippen LogP contribution in [-0.4, -0.2) is 21.6 Å². The Kier molecular flexibility index (Phi) is 1.62. The SMILES string of the molecule is COc1ccc2nc(N)n(C3CC3)c2n1. The maximum atomic E-state index is 5.86. The number of hydrogen-bond acceptors (Lipinski definition) is 4. The molecule has 2 aromatic heterocycles. The van der Waals surface area contributed by atoms with Crippen LogP contribution in [-0.2, 0) is 0 Å². The van der Waals surface area contributed by atoms with Gasteiger partial charge in [-0.3, -0.25) is 4.57 Å². The number of nitrogens with two attached hydrogens (primary N) is 1. The molecule has 2 N–H and O–H groups in total. The molecule has 5 nitrogen and oxygen atoms in total. The van der Waals surface area contributed by atoms with Gasteiger partial charge in [-0.15, -0.1) is 0 Å². The zero-order valence-corrected chi connectivity index (χ0v) is 8.47. The highest BCUT2D eigenvalue weighted by molar-refractivity contribution is 5.75. The van der Waals surface area contributed by atoms with Crippen molar-refractivity contribution >= 4 is 17.1 Å². The van der Waals surface area contributed by atoms with E-state index in [0.29, 0.717) is 17.9 Å². The highest BCUT2D eigenvalue weighted by atomic mass is 16.5.